The lowest BCUT2D eigenvalue weighted by molar-refractivity contribution is -0.122. The predicted molar refractivity (Wildman–Crippen MR) is 33.4 cm³/mol. The zero-order valence-electron chi connectivity index (χ0n) is 5.79. The fraction of sp³-hybridized carbons (Fsp3) is 0.833. The van der Waals surface area contributed by atoms with E-state index in [1.54, 1.807) is 0 Å². The molecule has 2 rings (SSSR count). The van der Waals surface area contributed by atoms with Gasteiger partial charge in [0.2, 0.25) is 0 Å². The molecule has 1 aliphatic carbocycles. The van der Waals surface area contributed by atoms with Gasteiger partial charge >= 0.3 is 6.03 Å². The van der Waals surface area contributed by atoms with E-state index in [0.717, 1.165) is 0 Å². The number of rotatable bonds is 0. The van der Waals surface area contributed by atoms with Crippen LogP contribution >= 0.6 is 0 Å². The molecule has 11 heavy (non-hydrogen) atoms. The van der Waals surface area contributed by atoms with Crippen molar-refractivity contribution in [2.75, 3.05) is 6.54 Å². The van der Waals surface area contributed by atoms with Gasteiger partial charge in [-0.05, 0) is 0 Å². The van der Waals surface area contributed by atoms with Crippen molar-refractivity contribution >= 4 is 6.03 Å². The van der Waals surface area contributed by atoms with Crippen molar-refractivity contribution in [3.05, 3.63) is 0 Å². The highest BCUT2D eigenvalue weighted by molar-refractivity contribution is 5.78. The predicted octanol–water partition coefficient (Wildman–Crippen LogP) is 0.467. The van der Waals surface area contributed by atoms with E-state index in [-0.39, 0.29) is 18.9 Å². The van der Waals surface area contributed by atoms with Gasteiger partial charge < -0.3 is 10.6 Å². The molecule has 0 bridgehead atoms. The third-order valence-corrected chi connectivity index (χ3v) is 2.16. The Morgan fingerprint density at radius 2 is 2.00 bits per heavy atom. The zero-order valence-corrected chi connectivity index (χ0v) is 5.79. The molecular weight excluding hydrogens is 154 g/mol. The smallest absolute Gasteiger partial charge is 0.315 e. The maximum absolute atomic E-state index is 12.4. The zero-order chi connectivity index (χ0) is 8.11. The summed E-state index contributed by atoms with van der Waals surface area (Å²) in [5.74, 6) is -2.57. The van der Waals surface area contributed by atoms with Crippen LogP contribution in [0.15, 0.2) is 0 Å². The van der Waals surface area contributed by atoms with Gasteiger partial charge in [0, 0.05) is 19.4 Å². The Balaban J connectivity index is 2.03. The van der Waals surface area contributed by atoms with Gasteiger partial charge in [0.05, 0.1) is 5.54 Å². The second-order valence-electron chi connectivity index (χ2n) is 3.30. The van der Waals surface area contributed by atoms with Crippen LogP contribution in [0.25, 0.3) is 0 Å². The Morgan fingerprint density at radius 3 is 2.36 bits per heavy atom. The number of urea groups is 1. The molecule has 3 nitrogen and oxygen atoms in total. The van der Waals surface area contributed by atoms with Crippen molar-refractivity contribution < 1.29 is 13.6 Å². The SMILES string of the molecule is O=C1NCC2(CC(F)(F)C2)N1. The van der Waals surface area contributed by atoms with E-state index in [0.29, 0.717) is 6.54 Å². The molecule has 1 spiro atoms. The van der Waals surface area contributed by atoms with Crippen LogP contribution in [0, 0.1) is 0 Å². The van der Waals surface area contributed by atoms with Crippen LogP contribution in [-0.2, 0) is 0 Å². The fourth-order valence-electron chi connectivity index (χ4n) is 1.73. The first-order chi connectivity index (χ1) is 5.02. The van der Waals surface area contributed by atoms with Crippen LogP contribution in [0.5, 0.6) is 0 Å². The molecule has 0 aromatic carbocycles. The summed E-state index contributed by atoms with van der Waals surface area (Å²) >= 11 is 0. The molecule has 2 aliphatic rings. The van der Waals surface area contributed by atoms with Crippen LogP contribution in [0.4, 0.5) is 13.6 Å². The summed E-state index contributed by atoms with van der Waals surface area (Å²) in [6, 6.07) is -0.333. The van der Waals surface area contributed by atoms with Crippen LogP contribution < -0.4 is 10.6 Å². The van der Waals surface area contributed by atoms with Gasteiger partial charge in [-0.2, -0.15) is 0 Å². The van der Waals surface area contributed by atoms with E-state index in [1.165, 1.54) is 0 Å². The first-order valence-corrected chi connectivity index (χ1v) is 3.45. The Hall–Kier alpha value is -0.870. The number of alkyl halides is 2. The second kappa shape index (κ2) is 1.65. The van der Waals surface area contributed by atoms with E-state index < -0.39 is 11.5 Å². The molecule has 2 amide bonds. The topological polar surface area (TPSA) is 41.1 Å². The summed E-state index contributed by atoms with van der Waals surface area (Å²) in [6.45, 7) is 0.335. The summed E-state index contributed by atoms with van der Waals surface area (Å²) in [5, 5.41) is 4.96. The number of carbonyl (C=O) groups is 1. The Labute approximate surface area is 62.1 Å². The van der Waals surface area contributed by atoms with Crippen molar-refractivity contribution in [1.29, 1.82) is 0 Å². The van der Waals surface area contributed by atoms with Gasteiger partial charge in [-0.25, -0.2) is 13.6 Å². The highest BCUT2D eigenvalue weighted by Crippen LogP contribution is 2.46. The molecule has 1 heterocycles. The molecule has 62 valence electrons. The summed E-state index contributed by atoms with van der Waals surface area (Å²) in [4.78, 5) is 10.6. The van der Waals surface area contributed by atoms with Crippen molar-refractivity contribution in [2.45, 2.75) is 24.3 Å². The minimum absolute atomic E-state index is 0.223. The fourth-order valence-corrected chi connectivity index (χ4v) is 1.73. The molecule has 2 fully saturated rings. The van der Waals surface area contributed by atoms with Gasteiger partial charge in [0.25, 0.3) is 5.92 Å². The number of hydrogen-bond acceptors (Lipinski definition) is 1. The Bertz CT molecular complexity index is 209. The normalized spacial score (nSPS) is 30.9. The van der Waals surface area contributed by atoms with E-state index in [2.05, 4.69) is 10.6 Å². The summed E-state index contributed by atoms with van der Waals surface area (Å²) in [5.41, 5.74) is -0.638. The molecule has 0 radical (unpaired) electrons. The molecule has 0 aromatic rings. The van der Waals surface area contributed by atoms with Gasteiger partial charge in [0.15, 0.2) is 0 Å². The highest BCUT2D eigenvalue weighted by atomic mass is 19.3. The van der Waals surface area contributed by atoms with E-state index in [1.807, 2.05) is 0 Å². The van der Waals surface area contributed by atoms with Gasteiger partial charge in [-0.15, -0.1) is 0 Å². The molecule has 5 heteroatoms. The van der Waals surface area contributed by atoms with Crippen LogP contribution in [-0.4, -0.2) is 24.0 Å². The third-order valence-electron chi connectivity index (χ3n) is 2.16. The minimum Gasteiger partial charge on any atom is -0.336 e. The highest BCUT2D eigenvalue weighted by Gasteiger charge is 2.59. The number of hydrogen-bond donors (Lipinski definition) is 2. The molecule has 0 unspecified atom stereocenters. The molecule has 0 atom stereocenters. The van der Waals surface area contributed by atoms with E-state index in [4.69, 9.17) is 0 Å². The lowest BCUT2D eigenvalue weighted by Gasteiger charge is -2.43. The number of halogens is 2. The van der Waals surface area contributed by atoms with E-state index in [9.17, 15) is 13.6 Å². The first kappa shape index (κ1) is 6.82. The molecule has 1 saturated heterocycles. The summed E-state index contributed by atoms with van der Waals surface area (Å²) in [7, 11) is 0. The van der Waals surface area contributed by atoms with Crippen molar-refractivity contribution in [3.8, 4) is 0 Å². The van der Waals surface area contributed by atoms with Crippen molar-refractivity contribution in [1.82, 2.24) is 10.6 Å². The van der Waals surface area contributed by atoms with Crippen LogP contribution in [0.1, 0.15) is 12.8 Å². The van der Waals surface area contributed by atoms with Crippen LogP contribution in [0.2, 0.25) is 0 Å². The average molecular weight is 162 g/mol. The maximum atomic E-state index is 12.4. The Kier molecular flexibility index (Phi) is 1.02. The van der Waals surface area contributed by atoms with Crippen molar-refractivity contribution in [2.24, 2.45) is 0 Å². The van der Waals surface area contributed by atoms with Gasteiger partial charge in [0.1, 0.15) is 0 Å². The molecule has 0 aromatic heterocycles. The van der Waals surface area contributed by atoms with Crippen molar-refractivity contribution in [3.63, 3.8) is 0 Å². The second-order valence-corrected chi connectivity index (χ2v) is 3.30. The molecule has 1 aliphatic heterocycles. The Morgan fingerprint density at radius 1 is 1.36 bits per heavy atom. The first-order valence-electron chi connectivity index (χ1n) is 3.45. The number of amides is 2. The largest absolute Gasteiger partial charge is 0.336 e. The van der Waals surface area contributed by atoms with Gasteiger partial charge in [-0.3, -0.25) is 0 Å². The third kappa shape index (κ3) is 0.948. The molecular formula is C6H8F2N2O. The monoisotopic (exact) mass is 162 g/mol. The summed E-state index contributed by atoms with van der Waals surface area (Å²) < 4.78 is 24.8. The number of nitrogens with one attached hydrogen (secondary N) is 2. The average Bonchev–Trinajstić information content (AvgIpc) is 2.08. The number of carbonyl (C=O) groups excluding carboxylic acids is 1. The maximum Gasteiger partial charge on any atom is 0.315 e. The van der Waals surface area contributed by atoms with Gasteiger partial charge in [-0.1, -0.05) is 0 Å². The molecule has 1 saturated carbocycles. The molecule has 2 N–H and O–H groups in total. The lowest BCUT2D eigenvalue weighted by atomic mass is 9.74. The summed E-state index contributed by atoms with van der Waals surface area (Å²) in [6.07, 6.45) is -0.447. The lowest BCUT2D eigenvalue weighted by Crippen LogP contribution is -2.60. The van der Waals surface area contributed by atoms with Crippen LogP contribution in [0.3, 0.4) is 0 Å². The standard InChI is InChI=1S/C6H8F2N2O/c7-6(8)1-5(2-6)3-9-4(11)10-5/h1-3H2,(H2,9,10,11). The quantitative estimate of drug-likeness (QED) is 0.534. The minimum atomic E-state index is -2.57. The van der Waals surface area contributed by atoms with E-state index >= 15 is 0 Å².